The molecule has 0 spiro atoms. The minimum atomic E-state index is 0.190. The van der Waals surface area contributed by atoms with Crippen molar-refractivity contribution >= 4 is 0 Å². The van der Waals surface area contributed by atoms with Gasteiger partial charge in [0.1, 0.15) is 0 Å². The Bertz CT molecular complexity index is 299. The highest BCUT2D eigenvalue weighted by Crippen LogP contribution is 2.31. The lowest BCUT2D eigenvalue weighted by Gasteiger charge is -2.30. The summed E-state index contributed by atoms with van der Waals surface area (Å²) in [6.45, 7) is 8.69. The van der Waals surface area contributed by atoms with Crippen LogP contribution in [0.2, 0.25) is 0 Å². The average molecular weight is 192 g/mol. The van der Waals surface area contributed by atoms with E-state index in [2.05, 4.69) is 43.2 Å². The molecule has 0 amide bonds. The third-order valence-electron chi connectivity index (χ3n) is 2.36. The van der Waals surface area contributed by atoms with Crippen LogP contribution in [0, 0.1) is 12.3 Å². The van der Waals surface area contributed by atoms with Crippen LogP contribution < -0.4 is 5.32 Å². The molecule has 1 aromatic rings. The summed E-state index contributed by atoms with van der Waals surface area (Å²) in [7, 11) is 1.99. The molecule has 0 aromatic carbocycles. The summed E-state index contributed by atoms with van der Waals surface area (Å²) in [6, 6.07) is 6.48. The summed E-state index contributed by atoms with van der Waals surface area (Å²) in [5.74, 6) is 0. The smallest absolute Gasteiger partial charge is 0.0581 e. The van der Waals surface area contributed by atoms with Crippen molar-refractivity contribution in [2.24, 2.45) is 5.41 Å². The number of aromatic nitrogens is 1. The van der Waals surface area contributed by atoms with Gasteiger partial charge in [-0.15, -0.1) is 0 Å². The van der Waals surface area contributed by atoms with E-state index in [-0.39, 0.29) is 5.41 Å². The zero-order chi connectivity index (χ0) is 10.8. The van der Waals surface area contributed by atoms with Gasteiger partial charge in [-0.05, 0) is 31.5 Å². The molecule has 0 aliphatic rings. The first-order chi connectivity index (χ1) is 6.45. The monoisotopic (exact) mass is 192 g/mol. The molecule has 0 fully saturated rings. The number of nitrogens with zero attached hydrogens (tertiary/aromatic N) is 1. The molecule has 2 nitrogen and oxygen atoms in total. The van der Waals surface area contributed by atoms with Crippen LogP contribution in [0.25, 0.3) is 0 Å². The Labute approximate surface area is 86.8 Å². The molecule has 1 rings (SSSR count). The Morgan fingerprint density at radius 1 is 1.29 bits per heavy atom. The molecule has 0 aliphatic carbocycles. The van der Waals surface area contributed by atoms with E-state index in [0.717, 1.165) is 11.4 Å². The van der Waals surface area contributed by atoms with Gasteiger partial charge < -0.3 is 5.32 Å². The second-order valence-corrected chi connectivity index (χ2v) is 4.79. The van der Waals surface area contributed by atoms with Crippen molar-refractivity contribution in [3.05, 3.63) is 29.6 Å². The SMILES string of the molecule is CNC(c1cccc(C)n1)C(C)(C)C. The Morgan fingerprint density at radius 3 is 2.36 bits per heavy atom. The molecule has 1 aromatic heterocycles. The predicted octanol–water partition coefficient (Wildman–Crippen LogP) is 2.70. The third-order valence-corrected chi connectivity index (χ3v) is 2.36. The number of hydrogen-bond donors (Lipinski definition) is 1. The maximum absolute atomic E-state index is 4.55. The lowest BCUT2D eigenvalue weighted by Crippen LogP contribution is -2.30. The molecule has 0 saturated heterocycles. The van der Waals surface area contributed by atoms with Gasteiger partial charge in [-0.25, -0.2) is 0 Å². The van der Waals surface area contributed by atoms with Gasteiger partial charge in [0.25, 0.3) is 0 Å². The molecule has 1 N–H and O–H groups in total. The van der Waals surface area contributed by atoms with E-state index < -0.39 is 0 Å². The summed E-state index contributed by atoms with van der Waals surface area (Å²) >= 11 is 0. The zero-order valence-electron chi connectivity index (χ0n) is 9.76. The average Bonchev–Trinajstić information content (AvgIpc) is 2.02. The van der Waals surface area contributed by atoms with Gasteiger partial charge in [-0.2, -0.15) is 0 Å². The highest BCUT2D eigenvalue weighted by molar-refractivity contribution is 5.15. The van der Waals surface area contributed by atoms with Gasteiger partial charge >= 0.3 is 0 Å². The maximum Gasteiger partial charge on any atom is 0.0581 e. The van der Waals surface area contributed by atoms with E-state index in [4.69, 9.17) is 0 Å². The largest absolute Gasteiger partial charge is 0.311 e. The molecule has 14 heavy (non-hydrogen) atoms. The highest BCUT2D eigenvalue weighted by Gasteiger charge is 2.25. The predicted molar refractivity (Wildman–Crippen MR) is 60.2 cm³/mol. The fourth-order valence-corrected chi connectivity index (χ4v) is 1.75. The van der Waals surface area contributed by atoms with E-state index in [9.17, 15) is 0 Å². The second kappa shape index (κ2) is 4.09. The van der Waals surface area contributed by atoms with Crippen molar-refractivity contribution in [1.82, 2.24) is 10.3 Å². The van der Waals surface area contributed by atoms with Crippen molar-refractivity contribution in [2.45, 2.75) is 33.7 Å². The molecule has 0 bridgehead atoms. The molecule has 78 valence electrons. The van der Waals surface area contributed by atoms with Crippen LogP contribution in [0.1, 0.15) is 38.2 Å². The lowest BCUT2D eigenvalue weighted by atomic mass is 9.84. The Morgan fingerprint density at radius 2 is 1.93 bits per heavy atom. The number of rotatable bonds is 2. The molecule has 2 heteroatoms. The van der Waals surface area contributed by atoms with Crippen molar-refractivity contribution < 1.29 is 0 Å². The minimum Gasteiger partial charge on any atom is -0.311 e. The van der Waals surface area contributed by atoms with Gasteiger partial charge in [-0.1, -0.05) is 26.8 Å². The molecule has 1 heterocycles. The topological polar surface area (TPSA) is 24.9 Å². The van der Waals surface area contributed by atoms with Crippen molar-refractivity contribution in [2.75, 3.05) is 7.05 Å². The van der Waals surface area contributed by atoms with Crippen LogP contribution in [0.4, 0.5) is 0 Å². The molecule has 1 unspecified atom stereocenters. The van der Waals surface area contributed by atoms with Gasteiger partial charge in [0.15, 0.2) is 0 Å². The zero-order valence-corrected chi connectivity index (χ0v) is 9.76. The summed E-state index contributed by atoms with van der Waals surface area (Å²) in [6.07, 6.45) is 0. The fraction of sp³-hybridized carbons (Fsp3) is 0.583. The van der Waals surface area contributed by atoms with Gasteiger partial charge in [0.2, 0.25) is 0 Å². The standard InChI is InChI=1S/C12H20N2/c1-9-7-6-8-10(14-9)11(13-5)12(2,3)4/h6-8,11,13H,1-5H3. The van der Waals surface area contributed by atoms with Crippen LogP contribution in [-0.2, 0) is 0 Å². The summed E-state index contributed by atoms with van der Waals surface area (Å²) in [5, 5.41) is 3.32. The molecule has 0 radical (unpaired) electrons. The van der Waals surface area contributed by atoms with Crippen LogP contribution >= 0.6 is 0 Å². The second-order valence-electron chi connectivity index (χ2n) is 4.79. The fourth-order valence-electron chi connectivity index (χ4n) is 1.75. The van der Waals surface area contributed by atoms with Gasteiger partial charge in [-0.3, -0.25) is 4.98 Å². The third kappa shape index (κ3) is 2.55. The lowest BCUT2D eigenvalue weighted by molar-refractivity contribution is 0.281. The normalized spacial score (nSPS) is 14.1. The van der Waals surface area contributed by atoms with Crippen LogP contribution in [-0.4, -0.2) is 12.0 Å². The molecular weight excluding hydrogens is 172 g/mol. The quantitative estimate of drug-likeness (QED) is 0.779. The molecule has 0 saturated carbocycles. The maximum atomic E-state index is 4.55. The van der Waals surface area contributed by atoms with Crippen molar-refractivity contribution in [3.63, 3.8) is 0 Å². The van der Waals surface area contributed by atoms with Crippen LogP contribution in [0.3, 0.4) is 0 Å². The number of nitrogens with one attached hydrogen (secondary N) is 1. The number of aryl methyl sites for hydroxylation is 1. The molecule has 0 aliphatic heterocycles. The van der Waals surface area contributed by atoms with Gasteiger partial charge in [0.05, 0.1) is 11.7 Å². The molecule has 1 atom stereocenters. The van der Waals surface area contributed by atoms with Crippen LogP contribution in [0.15, 0.2) is 18.2 Å². The molecular formula is C12H20N2. The van der Waals surface area contributed by atoms with E-state index in [1.54, 1.807) is 0 Å². The summed E-state index contributed by atoms with van der Waals surface area (Å²) < 4.78 is 0. The summed E-state index contributed by atoms with van der Waals surface area (Å²) in [5.41, 5.74) is 2.39. The number of hydrogen-bond acceptors (Lipinski definition) is 2. The number of pyridine rings is 1. The Hall–Kier alpha value is -0.890. The van der Waals surface area contributed by atoms with E-state index in [0.29, 0.717) is 6.04 Å². The minimum absolute atomic E-state index is 0.190. The van der Waals surface area contributed by atoms with Crippen molar-refractivity contribution in [3.8, 4) is 0 Å². The van der Waals surface area contributed by atoms with Gasteiger partial charge in [0, 0.05) is 5.69 Å². The first-order valence-corrected chi connectivity index (χ1v) is 5.06. The van der Waals surface area contributed by atoms with Crippen molar-refractivity contribution in [1.29, 1.82) is 0 Å². The first-order valence-electron chi connectivity index (χ1n) is 5.06. The summed E-state index contributed by atoms with van der Waals surface area (Å²) in [4.78, 5) is 4.55. The Balaban J connectivity index is 3.01. The first kappa shape index (κ1) is 11.2. The van der Waals surface area contributed by atoms with Crippen LogP contribution in [0.5, 0.6) is 0 Å². The van der Waals surface area contributed by atoms with E-state index in [1.165, 1.54) is 0 Å². The van der Waals surface area contributed by atoms with E-state index >= 15 is 0 Å². The Kier molecular flexibility index (Phi) is 3.27. The highest BCUT2D eigenvalue weighted by atomic mass is 14.9. The van der Waals surface area contributed by atoms with E-state index in [1.807, 2.05) is 20.0 Å².